The molecule has 5 nitrogen and oxygen atoms in total. The Balaban J connectivity index is 2.51. The number of halogens is 3. The van der Waals surface area contributed by atoms with Crippen LogP contribution in [0.3, 0.4) is 0 Å². The van der Waals surface area contributed by atoms with Crippen molar-refractivity contribution in [2.45, 2.75) is 6.18 Å². The van der Waals surface area contributed by atoms with Crippen molar-refractivity contribution in [3.8, 4) is 0 Å². The second-order valence-electron chi connectivity index (χ2n) is 2.06. The molecule has 0 saturated carbocycles. The number of alkyl halides is 3. The second kappa shape index (κ2) is 3.04. The molecular formula is C5H3F3N2O3. The molecule has 1 aliphatic heterocycles. The topological polar surface area (TPSA) is 67.8 Å². The first-order chi connectivity index (χ1) is 5.89. The number of amidine groups is 1. The fourth-order valence-electron chi connectivity index (χ4n) is 0.545. The van der Waals surface area contributed by atoms with Gasteiger partial charge >= 0.3 is 12.1 Å². The van der Waals surface area contributed by atoms with Crippen LogP contribution in [0, 0.1) is 0 Å². The summed E-state index contributed by atoms with van der Waals surface area (Å²) in [5.74, 6) is -3.03. The molecule has 0 aromatic carbocycles. The van der Waals surface area contributed by atoms with Gasteiger partial charge in [0, 0.05) is 0 Å². The van der Waals surface area contributed by atoms with Crippen LogP contribution in [0.15, 0.2) is 4.99 Å². The van der Waals surface area contributed by atoms with E-state index in [0.717, 1.165) is 0 Å². The maximum absolute atomic E-state index is 11.6. The minimum atomic E-state index is -5.09. The van der Waals surface area contributed by atoms with Crippen molar-refractivity contribution in [1.29, 1.82) is 0 Å². The zero-order valence-corrected chi connectivity index (χ0v) is 6.01. The normalized spacial score (nSPS) is 16.5. The Morgan fingerprint density at radius 2 is 2.15 bits per heavy atom. The monoisotopic (exact) mass is 196 g/mol. The number of carbonyl (C=O) groups excluding carboxylic acids is 2. The lowest BCUT2D eigenvalue weighted by atomic mass is 10.6. The molecule has 0 fully saturated rings. The fourth-order valence-corrected chi connectivity index (χ4v) is 0.545. The molecule has 0 unspecified atom stereocenters. The van der Waals surface area contributed by atoms with E-state index >= 15 is 0 Å². The first kappa shape index (κ1) is 9.49. The van der Waals surface area contributed by atoms with Gasteiger partial charge in [-0.1, -0.05) is 0 Å². The number of hydrogen-bond acceptors (Lipinski definition) is 4. The van der Waals surface area contributed by atoms with E-state index in [1.165, 1.54) is 0 Å². The minimum absolute atomic E-state index is 0.333. The highest BCUT2D eigenvalue weighted by molar-refractivity contribution is 6.04. The average Bonchev–Trinajstić information content (AvgIpc) is 2.33. The van der Waals surface area contributed by atoms with Gasteiger partial charge in [0.2, 0.25) is 5.91 Å². The number of esters is 1. The van der Waals surface area contributed by atoms with E-state index in [2.05, 4.69) is 9.73 Å². The second-order valence-corrected chi connectivity index (χ2v) is 2.06. The molecule has 0 aromatic rings. The highest BCUT2D eigenvalue weighted by Crippen LogP contribution is 2.16. The van der Waals surface area contributed by atoms with Crippen LogP contribution in [0.25, 0.3) is 0 Å². The van der Waals surface area contributed by atoms with Crippen LogP contribution < -0.4 is 5.32 Å². The maximum Gasteiger partial charge on any atom is 0.491 e. The van der Waals surface area contributed by atoms with E-state index in [1.54, 1.807) is 0 Å². The first-order valence-corrected chi connectivity index (χ1v) is 3.03. The van der Waals surface area contributed by atoms with Crippen molar-refractivity contribution in [1.82, 2.24) is 5.32 Å². The summed E-state index contributed by atoms with van der Waals surface area (Å²) in [6.45, 7) is -0.333. The van der Waals surface area contributed by atoms with Gasteiger partial charge in [-0.3, -0.25) is 10.1 Å². The molecule has 0 saturated heterocycles. The summed E-state index contributed by atoms with van der Waals surface area (Å²) in [5.41, 5.74) is 0. The number of ether oxygens (including phenoxy) is 1. The smallest absolute Gasteiger partial charge is 0.386 e. The molecule has 8 heteroatoms. The van der Waals surface area contributed by atoms with Gasteiger partial charge in [0.05, 0.1) is 0 Å². The summed E-state index contributed by atoms with van der Waals surface area (Å²) in [6, 6.07) is -0.715. The number of amides is 1. The molecule has 0 aromatic heterocycles. The van der Waals surface area contributed by atoms with Crippen LogP contribution in [0.4, 0.5) is 13.2 Å². The zero-order valence-electron chi connectivity index (χ0n) is 6.01. The third kappa shape index (κ3) is 2.42. The van der Waals surface area contributed by atoms with Crippen LogP contribution in [0.1, 0.15) is 0 Å². The van der Waals surface area contributed by atoms with Crippen molar-refractivity contribution >= 4 is 17.9 Å². The Hall–Kier alpha value is -1.60. The molecule has 1 heterocycles. The lowest BCUT2D eigenvalue weighted by Crippen LogP contribution is -2.34. The maximum atomic E-state index is 11.6. The summed E-state index contributed by atoms with van der Waals surface area (Å²) < 4.78 is 38.4. The Kier molecular flexibility index (Phi) is 2.22. The fraction of sp³-hybridized carbons (Fsp3) is 0.400. The van der Waals surface area contributed by atoms with Crippen molar-refractivity contribution in [3.63, 3.8) is 0 Å². The summed E-state index contributed by atoms with van der Waals surface area (Å²) in [5, 5.41) is 1.82. The van der Waals surface area contributed by atoms with Gasteiger partial charge in [0.25, 0.3) is 6.02 Å². The SMILES string of the molecule is O=C1CN=C(OC(=O)C(F)(F)F)N1. The molecule has 0 spiro atoms. The molecular weight excluding hydrogens is 193 g/mol. The number of hydrogen-bond donors (Lipinski definition) is 1. The molecule has 72 valence electrons. The Morgan fingerprint density at radius 1 is 1.54 bits per heavy atom. The van der Waals surface area contributed by atoms with Gasteiger partial charge in [-0.25, -0.2) is 9.79 Å². The highest BCUT2D eigenvalue weighted by atomic mass is 19.4. The molecule has 1 amide bonds. The summed E-state index contributed by atoms with van der Waals surface area (Å²) >= 11 is 0. The Morgan fingerprint density at radius 3 is 2.54 bits per heavy atom. The highest BCUT2D eigenvalue weighted by Gasteiger charge is 2.42. The number of rotatable bonds is 0. The van der Waals surface area contributed by atoms with E-state index in [0.29, 0.717) is 0 Å². The largest absolute Gasteiger partial charge is 0.491 e. The molecule has 1 rings (SSSR count). The molecule has 0 aliphatic carbocycles. The van der Waals surface area contributed by atoms with E-state index in [1.807, 2.05) is 5.32 Å². The van der Waals surface area contributed by atoms with Crippen molar-refractivity contribution in [2.24, 2.45) is 4.99 Å². The average molecular weight is 196 g/mol. The number of nitrogens with one attached hydrogen (secondary N) is 1. The van der Waals surface area contributed by atoms with Gasteiger partial charge in [-0.2, -0.15) is 13.2 Å². The lowest BCUT2D eigenvalue weighted by Gasteiger charge is -2.05. The third-order valence-corrected chi connectivity index (χ3v) is 1.03. The van der Waals surface area contributed by atoms with Gasteiger partial charge in [0.15, 0.2) is 0 Å². The first-order valence-electron chi connectivity index (χ1n) is 3.03. The standard InChI is InChI=1S/C5H3F3N2O3/c6-5(7,8)3(12)13-4-9-1-2(11)10-4/h1H2,(H,9,10,11). The molecule has 0 atom stereocenters. The van der Waals surface area contributed by atoms with E-state index < -0.39 is 24.1 Å². The van der Waals surface area contributed by atoms with Crippen LogP contribution in [0.2, 0.25) is 0 Å². The molecule has 1 aliphatic rings. The van der Waals surface area contributed by atoms with Gasteiger partial charge < -0.3 is 4.74 Å². The molecule has 13 heavy (non-hydrogen) atoms. The summed E-state index contributed by atoms with van der Waals surface area (Å²) in [7, 11) is 0. The lowest BCUT2D eigenvalue weighted by molar-refractivity contribution is -0.191. The van der Waals surface area contributed by atoms with Crippen LogP contribution in [-0.4, -0.2) is 30.6 Å². The predicted molar refractivity (Wildman–Crippen MR) is 32.6 cm³/mol. The number of aliphatic imine (C=N–C) groups is 1. The zero-order chi connectivity index (χ0) is 10.1. The van der Waals surface area contributed by atoms with Crippen molar-refractivity contribution in [3.05, 3.63) is 0 Å². The summed E-state index contributed by atoms with van der Waals surface area (Å²) in [4.78, 5) is 23.7. The predicted octanol–water partition coefficient (Wildman–Crippen LogP) is -0.422. The minimum Gasteiger partial charge on any atom is -0.386 e. The third-order valence-electron chi connectivity index (χ3n) is 1.03. The van der Waals surface area contributed by atoms with E-state index in [4.69, 9.17) is 0 Å². The van der Waals surface area contributed by atoms with Crippen molar-refractivity contribution < 1.29 is 27.5 Å². The van der Waals surface area contributed by atoms with E-state index in [-0.39, 0.29) is 6.54 Å². The Bertz CT molecular complexity index is 283. The van der Waals surface area contributed by atoms with Crippen LogP contribution in [0.5, 0.6) is 0 Å². The molecule has 0 radical (unpaired) electrons. The van der Waals surface area contributed by atoms with Crippen molar-refractivity contribution in [2.75, 3.05) is 6.54 Å². The summed E-state index contributed by atoms with van der Waals surface area (Å²) in [6.07, 6.45) is -5.09. The van der Waals surface area contributed by atoms with E-state index in [9.17, 15) is 22.8 Å². The van der Waals surface area contributed by atoms with Crippen LogP contribution >= 0.6 is 0 Å². The molecule has 1 N–H and O–H groups in total. The van der Waals surface area contributed by atoms with Gasteiger partial charge in [-0.05, 0) is 0 Å². The Labute approximate surface area is 69.6 Å². The number of nitrogens with zero attached hydrogens (tertiary/aromatic N) is 1. The quantitative estimate of drug-likeness (QED) is 0.535. The van der Waals surface area contributed by atoms with Crippen LogP contribution in [-0.2, 0) is 14.3 Å². The molecule has 0 bridgehead atoms. The van der Waals surface area contributed by atoms with Gasteiger partial charge in [-0.15, -0.1) is 0 Å². The van der Waals surface area contributed by atoms with Gasteiger partial charge in [0.1, 0.15) is 6.54 Å². The number of carbonyl (C=O) groups is 2.